The number of aliphatic hydroxyl groups excluding tert-OH is 2. The largest absolute Gasteiger partial charge is 0.396 e. The second kappa shape index (κ2) is 6.38. The lowest BCUT2D eigenvalue weighted by atomic mass is 9.85. The fourth-order valence-corrected chi connectivity index (χ4v) is 1.44. The van der Waals surface area contributed by atoms with Crippen LogP contribution in [0.3, 0.4) is 0 Å². The second-order valence-electron chi connectivity index (χ2n) is 5.02. The molecule has 0 aliphatic rings. The monoisotopic (exact) mass is 203 g/mol. The van der Waals surface area contributed by atoms with Crippen LogP contribution in [0.2, 0.25) is 0 Å². The summed E-state index contributed by atoms with van der Waals surface area (Å²) in [6.45, 7) is 9.27. The first kappa shape index (κ1) is 13.9. The molecule has 2 atom stereocenters. The molecule has 0 aromatic rings. The van der Waals surface area contributed by atoms with Gasteiger partial charge in [0, 0.05) is 12.6 Å². The van der Waals surface area contributed by atoms with Crippen molar-refractivity contribution < 1.29 is 10.2 Å². The highest BCUT2D eigenvalue weighted by Crippen LogP contribution is 2.21. The van der Waals surface area contributed by atoms with Crippen LogP contribution >= 0.6 is 0 Å². The molecule has 0 radical (unpaired) electrons. The van der Waals surface area contributed by atoms with Gasteiger partial charge < -0.3 is 15.5 Å². The van der Waals surface area contributed by atoms with Gasteiger partial charge in [-0.1, -0.05) is 20.8 Å². The lowest BCUT2D eigenvalue weighted by molar-refractivity contribution is 0.165. The molecule has 0 amide bonds. The SMILES string of the molecule is CC(O)CCNC(CCO)C(C)(C)C. The summed E-state index contributed by atoms with van der Waals surface area (Å²) in [6.07, 6.45) is 1.28. The van der Waals surface area contributed by atoms with Crippen molar-refractivity contribution in [1.82, 2.24) is 5.32 Å². The first-order valence-electron chi connectivity index (χ1n) is 5.40. The van der Waals surface area contributed by atoms with Crippen LogP contribution in [0.4, 0.5) is 0 Å². The highest BCUT2D eigenvalue weighted by molar-refractivity contribution is 4.80. The lowest BCUT2D eigenvalue weighted by Crippen LogP contribution is -2.42. The fraction of sp³-hybridized carbons (Fsp3) is 1.00. The van der Waals surface area contributed by atoms with E-state index in [2.05, 4.69) is 26.1 Å². The molecule has 3 N–H and O–H groups in total. The molecule has 0 spiro atoms. The first-order valence-corrected chi connectivity index (χ1v) is 5.40. The van der Waals surface area contributed by atoms with Crippen molar-refractivity contribution in [2.45, 2.75) is 52.7 Å². The Bertz CT molecular complexity index is 141. The van der Waals surface area contributed by atoms with Crippen LogP contribution in [0.25, 0.3) is 0 Å². The summed E-state index contributed by atoms with van der Waals surface area (Å²) in [4.78, 5) is 0. The average molecular weight is 203 g/mol. The Morgan fingerprint density at radius 2 is 1.79 bits per heavy atom. The molecular formula is C11H25NO2. The van der Waals surface area contributed by atoms with Crippen LogP contribution in [0.1, 0.15) is 40.5 Å². The minimum atomic E-state index is -0.253. The summed E-state index contributed by atoms with van der Waals surface area (Å²) in [7, 11) is 0. The number of hydrogen-bond donors (Lipinski definition) is 3. The zero-order chi connectivity index (χ0) is 11.2. The molecule has 3 heteroatoms. The van der Waals surface area contributed by atoms with Crippen LogP contribution in [-0.4, -0.2) is 35.5 Å². The Kier molecular flexibility index (Phi) is 6.33. The molecule has 0 bridgehead atoms. The molecular weight excluding hydrogens is 178 g/mol. The van der Waals surface area contributed by atoms with E-state index in [0.717, 1.165) is 19.4 Å². The van der Waals surface area contributed by atoms with Crippen LogP contribution in [-0.2, 0) is 0 Å². The van der Waals surface area contributed by atoms with E-state index in [9.17, 15) is 0 Å². The maximum Gasteiger partial charge on any atom is 0.0524 e. The normalized spacial score (nSPS) is 16.7. The van der Waals surface area contributed by atoms with Crippen molar-refractivity contribution in [3.63, 3.8) is 0 Å². The van der Waals surface area contributed by atoms with Gasteiger partial charge in [0.15, 0.2) is 0 Å². The van der Waals surface area contributed by atoms with Crippen molar-refractivity contribution in [2.75, 3.05) is 13.2 Å². The number of aliphatic hydroxyl groups is 2. The highest BCUT2D eigenvalue weighted by Gasteiger charge is 2.23. The van der Waals surface area contributed by atoms with Gasteiger partial charge in [-0.05, 0) is 31.7 Å². The average Bonchev–Trinajstić information content (AvgIpc) is 2.00. The maximum absolute atomic E-state index is 9.11. The summed E-state index contributed by atoms with van der Waals surface area (Å²) in [5.74, 6) is 0. The van der Waals surface area contributed by atoms with Crippen LogP contribution in [0, 0.1) is 5.41 Å². The predicted octanol–water partition coefficient (Wildman–Crippen LogP) is 1.14. The van der Waals surface area contributed by atoms with E-state index < -0.39 is 0 Å². The molecule has 0 saturated carbocycles. The van der Waals surface area contributed by atoms with Crippen molar-refractivity contribution in [2.24, 2.45) is 5.41 Å². The number of rotatable bonds is 6. The topological polar surface area (TPSA) is 52.5 Å². The van der Waals surface area contributed by atoms with E-state index in [1.807, 2.05) is 0 Å². The van der Waals surface area contributed by atoms with E-state index in [1.54, 1.807) is 6.92 Å². The van der Waals surface area contributed by atoms with Gasteiger partial charge in [-0.25, -0.2) is 0 Å². The van der Waals surface area contributed by atoms with E-state index in [1.165, 1.54) is 0 Å². The molecule has 0 aromatic heterocycles. The second-order valence-corrected chi connectivity index (χ2v) is 5.02. The van der Waals surface area contributed by atoms with Gasteiger partial charge in [-0.15, -0.1) is 0 Å². The maximum atomic E-state index is 9.11. The van der Waals surface area contributed by atoms with Crippen LogP contribution < -0.4 is 5.32 Å². The van der Waals surface area contributed by atoms with E-state index in [4.69, 9.17) is 10.2 Å². The minimum absolute atomic E-state index is 0.154. The Labute approximate surface area is 87.5 Å². The Morgan fingerprint density at radius 1 is 1.21 bits per heavy atom. The Balaban J connectivity index is 3.86. The van der Waals surface area contributed by atoms with Crippen molar-refractivity contribution in [3.8, 4) is 0 Å². The van der Waals surface area contributed by atoms with Gasteiger partial charge in [0.05, 0.1) is 6.10 Å². The van der Waals surface area contributed by atoms with Gasteiger partial charge >= 0.3 is 0 Å². The minimum Gasteiger partial charge on any atom is -0.396 e. The third kappa shape index (κ3) is 6.35. The van der Waals surface area contributed by atoms with E-state index in [0.29, 0.717) is 6.04 Å². The third-order valence-electron chi connectivity index (χ3n) is 2.42. The highest BCUT2D eigenvalue weighted by atomic mass is 16.3. The van der Waals surface area contributed by atoms with Crippen LogP contribution in [0.5, 0.6) is 0 Å². The van der Waals surface area contributed by atoms with Crippen molar-refractivity contribution >= 4 is 0 Å². The fourth-order valence-electron chi connectivity index (χ4n) is 1.44. The van der Waals surface area contributed by atoms with Gasteiger partial charge in [-0.3, -0.25) is 0 Å². The summed E-state index contributed by atoms with van der Waals surface area (Å²) in [6, 6.07) is 0.311. The summed E-state index contributed by atoms with van der Waals surface area (Å²) in [5.41, 5.74) is 0.154. The first-order chi connectivity index (χ1) is 6.38. The molecule has 2 unspecified atom stereocenters. The molecule has 3 nitrogen and oxygen atoms in total. The Morgan fingerprint density at radius 3 is 2.14 bits per heavy atom. The molecule has 0 fully saturated rings. The molecule has 0 saturated heterocycles. The van der Waals surface area contributed by atoms with Gasteiger partial charge in [-0.2, -0.15) is 0 Å². The van der Waals surface area contributed by atoms with E-state index in [-0.39, 0.29) is 18.1 Å². The summed E-state index contributed by atoms with van der Waals surface area (Å²) < 4.78 is 0. The van der Waals surface area contributed by atoms with Gasteiger partial charge in [0.25, 0.3) is 0 Å². The number of nitrogens with one attached hydrogen (secondary N) is 1. The smallest absolute Gasteiger partial charge is 0.0524 e. The van der Waals surface area contributed by atoms with Gasteiger partial charge in [0.1, 0.15) is 0 Å². The molecule has 0 rings (SSSR count). The zero-order valence-corrected chi connectivity index (χ0v) is 9.88. The summed E-state index contributed by atoms with van der Waals surface area (Å²) >= 11 is 0. The van der Waals surface area contributed by atoms with Crippen molar-refractivity contribution in [3.05, 3.63) is 0 Å². The third-order valence-corrected chi connectivity index (χ3v) is 2.42. The molecule has 0 aliphatic carbocycles. The number of hydrogen-bond acceptors (Lipinski definition) is 3. The quantitative estimate of drug-likeness (QED) is 0.607. The molecule has 0 aromatic carbocycles. The standard InChI is InChI=1S/C11H25NO2/c1-9(14)5-7-12-10(6-8-13)11(2,3)4/h9-10,12-14H,5-8H2,1-4H3. The van der Waals surface area contributed by atoms with Gasteiger partial charge in [0.2, 0.25) is 0 Å². The summed E-state index contributed by atoms with van der Waals surface area (Å²) in [5, 5.41) is 21.4. The molecule has 86 valence electrons. The van der Waals surface area contributed by atoms with Crippen molar-refractivity contribution in [1.29, 1.82) is 0 Å². The molecule has 14 heavy (non-hydrogen) atoms. The Hall–Kier alpha value is -0.120. The predicted molar refractivity (Wildman–Crippen MR) is 59.2 cm³/mol. The lowest BCUT2D eigenvalue weighted by Gasteiger charge is -2.31. The van der Waals surface area contributed by atoms with Crippen LogP contribution in [0.15, 0.2) is 0 Å². The molecule has 0 aliphatic heterocycles. The molecule has 0 heterocycles. The van der Waals surface area contributed by atoms with E-state index >= 15 is 0 Å². The zero-order valence-electron chi connectivity index (χ0n) is 9.88.